The summed E-state index contributed by atoms with van der Waals surface area (Å²) in [5.74, 6) is 1.63. The van der Waals surface area contributed by atoms with Crippen molar-refractivity contribution in [2.45, 2.75) is 18.5 Å². The van der Waals surface area contributed by atoms with Crippen LogP contribution in [0.15, 0.2) is 42.5 Å². The first-order chi connectivity index (χ1) is 12.6. The number of nitrogens with zero attached hydrogens (tertiary/aromatic N) is 3. The van der Waals surface area contributed by atoms with Crippen molar-refractivity contribution >= 4 is 35.1 Å². The second-order valence-corrected chi connectivity index (χ2v) is 6.92. The van der Waals surface area contributed by atoms with Crippen LogP contribution < -0.4 is 15.8 Å². The van der Waals surface area contributed by atoms with Crippen LogP contribution in [0, 0.1) is 0 Å². The van der Waals surface area contributed by atoms with Crippen LogP contribution in [0.25, 0.3) is 0 Å². The fourth-order valence-electron chi connectivity index (χ4n) is 3.34. The molecule has 3 N–H and O–H groups in total. The van der Waals surface area contributed by atoms with Gasteiger partial charge < -0.3 is 15.8 Å². The predicted molar refractivity (Wildman–Crippen MR) is 103 cm³/mol. The third kappa shape index (κ3) is 2.95. The molecule has 0 unspecified atom stereocenters. The van der Waals surface area contributed by atoms with Crippen molar-refractivity contribution in [1.29, 1.82) is 0 Å². The van der Waals surface area contributed by atoms with E-state index in [1.807, 2.05) is 36.4 Å². The van der Waals surface area contributed by atoms with Crippen LogP contribution in [0.5, 0.6) is 5.75 Å². The molecule has 3 aromatic rings. The first-order valence-corrected chi connectivity index (χ1v) is 8.89. The summed E-state index contributed by atoms with van der Waals surface area (Å²) in [7, 11) is 1.66. The van der Waals surface area contributed by atoms with Crippen LogP contribution in [0.3, 0.4) is 0 Å². The minimum atomic E-state index is -0.0772. The zero-order valence-corrected chi connectivity index (χ0v) is 15.5. The molecule has 1 aliphatic rings. The fraction of sp³-hybridized carbons (Fsp3) is 0.222. The van der Waals surface area contributed by atoms with E-state index >= 15 is 0 Å². The molecule has 0 radical (unpaired) electrons. The summed E-state index contributed by atoms with van der Waals surface area (Å²) in [5, 5.41) is 8.79. The molecule has 0 spiro atoms. The average molecular weight is 390 g/mol. The first-order valence-electron chi connectivity index (χ1n) is 8.13. The Labute approximate surface area is 160 Å². The van der Waals surface area contributed by atoms with Gasteiger partial charge in [0.25, 0.3) is 0 Å². The van der Waals surface area contributed by atoms with E-state index in [2.05, 4.69) is 15.4 Å². The Morgan fingerprint density at radius 2 is 2.00 bits per heavy atom. The van der Waals surface area contributed by atoms with Gasteiger partial charge in [-0.25, -0.2) is 4.68 Å². The number of aromatic nitrogens is 3. The number of anilines is 2. The number of rotatable bonds is 3. The summed E-state index contributed by atoms with van der Waals surface area (Å²) in [5.41, 5.74) is 7.89. The van der Waals surface area contributed by atoms with E-state index in [4.69, 9.17) is 33.7 Å². The summed E-state index contributed by atoms with van der Waals surface area (Å²) in [4.78, 5) is 4.32. The molecule has 4 rings (SSSR count). The number of nitrogen functional groups attached to an aromatic ring is 1. The van der Waals surface area contributed by atoms with Crippen LogP contribution in [0.2, 0.25) is 10.0 Å². The number of benzene rings is 2. The number of para-hydroxylation sites is 1. The Kier molecular flexibility index (Phi) is 4.38. The van der Waals surface area contributed by atoms with Crippen molar-refractivity contribution in [1.82, 2.24) is 14.8 Å². The number of ether oxygens (including phenoxy) is 1. The summed E-state index contributed by atoms with van der Waals surface area (Å²) >= 11 is 12.3. The lowest BCUT2D eigenvalue weighted by molar-refractivity contribution is 0.380. The molecule has 8 heteroatoms. The number of hydrogen-bond donors (Lipinski definition) is 2. The molecular formula is C18H17Cl2N5O. The molecule has 26 heavy (non-hydrogen) atoms. The van der Waals surface area contributed by atoms with Gasteiger partial charge in [0.15, 0.2) is 0 Å². The minimum absolute atomic E-state index is 0.0178. The van der Waals surface area contributed by atoms with Crippen LogP contribution in [-0.4, -0.2) is 21.9 Å². The summed E-state index contributed by atoms with van der Waals surface area (Å²) in [6.07, 6.45) is 0.730. The maximum absolute atomic E-state index is 6.21. The van der Waals surface area contributed by atoms with Gasteiger partial charge in [-0.05, 0) is 30.2 Å². The van der Waals surface area contributed by atoms with Crippen molar-refractivity contribution in [3.63, 3.8) is 0 Å². The zero-order valence-electron chi connectivity index (χ0n) is 14.0. The third-order valence-corrected chi connectivity index (χ3v) is 5.29. The minimum Gasteiger partial charge on any atom is -0.496 e. The van der Waals surface area contributed by atoms with Crippen LogP contribution in [0.4, 0.5) is 11.9 Å². The molecule has 0 amide bonds. The van der Waals surface area contributed by atoms with Crippen molar-refractivity contribution in [2.24, 2.45) is 0 Å². The molecule has 1 aliphatic heterocycles. The topological polar surface area (TPSA) is 78.0 Å². The second kappa shape index (κ2) is 6.70. The van der Waals surface area contributed by atoms with Gasteiger partial charge >= 0.3 is 0 Å². The zero-order chi connectivity index (χ0) is 18.3. The molecule has 0 saturated carbocycles. The third-order valence-electron chi connectivity index (χ3n) is 4.55. The first kappa shape index (κ1) is 17.0. The number of hydrogen-bond acceptors (Lipinski definition) is 5. The lowest BCUT2D eigenvalue weighted by Gasteiger charge is -2.32. The number of nitrogens with two attached hydrogens (primary N) is 1. The second-order valence-electron chi connectivity index (χ2n) is 6.10. The highest BCUT2D eigenvalue weighted by atomic mass is 35.5. The molecule has 2 atom stereocenters. The highest BCUT2D eigenvalue weighted by Gasteiger charge is 2.32. The van der Waals surface area contributed by atoms with Gasteiger partial charge in [0.2, 0.25) is 11.9 Å². The van der Waals surface area contributed by atoms with Gasteiger partial charge in [0, 0.05) is 5.56 Å². The van der Waals surface area contributed by atoms with E-state index in [0.717, 1.165) is 23.3 Å². The van der Waals surface area contributed by atoms with E-state index in [1.165, 1.54) is 0 Å². The van der Waals surface area contributed by atoms with E-state index in [1.54, 1.807) is 17.9 Å². The number of nitrogens with one attached hydrogen (secondary N) is 1. The van der Waals surface area contributed by atoms with Crippen molar-refractivity contribution in [2.75, 3.05) is 18.2 Å². The molecule has 2 heterocycles. The van der Waals surface area contributed by atoms with Crippen LogP contribution >= 0.6 is 23.2 Å². The number of methoxy groups -OCH3 is 1. The van der Waals surface area contributed by atoms with Gasteiger partial charge in [-0.1, -0.05) is 47.5 Å². The summed E-state index contributed by atoms with van der Waals surface area (Å²) in [6, 6.07) is 13.4. The van der Waals surface area contributed by atoms with Crippen molar-refractivity contribution < 1.29 is 4.74 Å². The highest BCUT2D eigenvalue weighted by Crippen LogP contribution is 2.41. The molecule has 0 saturated heterocycles. The maximum atomic E-state index is 6.21. The molecule has 0 fully saturated rings. The van der Waals surface area contributed by atoms with E-state index in [0.29, 0.717) is 16.0 Å². The Bertz CT molecular complexity index is 959. The van der Waals surface area contributed by atoms with Gasteiger partial charge in [-0.2, -0.15) is 4.98 Å². The lowest BCUT2D eigenvalue weighted by atomic mass is 9.93. The fourth-order valence-corrected chi connectivity index (χ4v) is 3.65. The Hall–Kier alpha value is -2.44. The quantitative estimate of drug-likeness (QED) is 0.697. The molecule has 0 bridgehead atoms. The Morgan fingerprint density at radius 1 is 1.19 bits per heavy atom. The van der Waals surface area contributed by atoms with Gasteiger partial charge in [-0.3, -0.25) is 0 Å². The molecule has 2 aromatic carbocycles. The monoisotopic (exact) mass is 389 g/mol. The van der Waals surface area contributed by atoms with E-state index in [9.17, 15) is 0 Å². The lowest BCUT2D eigenvalue weighted by Crippen LogP contribution is -2.28. The molecule has 6 nitrogen and oxygen atoms in total. The van der Waals surface area contributed by atoms with Gasteiger partial charge in [-0.15, -0.1) is 5.10 Å². The van der Waals surface area contributed by atoms with Gasteiger partial charge in [0.1, 0.15) is 5.75 Å². The van der Waals surface area contributed by atoms with E-state index in [-0.39, 0.29) is 18.0 Å². The predicted octanol–water partition coefficient (Wildman–Crippen LogP) is 4.32. The summed E-state index contributed by atoms with van der Waals surface area (Å²) < 4.78 is 7.35. The SMILES string of the molecule is COc1ccccc1[C@H]1C[C@@H](c2ccc(Cl)c(Cl)c2)Nc2nc(N)nn21. The van der Waals surface area contributed by atoms with Crippen molar-refractivity contribution in [3.8, 4) is 5.75 Å². The highest BCUT2D eigenvalue weighted by molar-refractivity contribution is 6.42. The Morgan fingerprint density at radius 3 is 2.77 bits per heavy atom. The Balaban J connectivity index is 1.79. The molecular weight excluding hydrogens is 373 g/mol. The number of halogens is 2. The molecule has 0 aliphatic carbocycles. The van der Waals surface area contributed by atoms with Crippen LogP contribution in [-0.2, 0) is 0 Å². The molecule has 134 valence electrons. The van der Waals surface area contributed by atoms with E-state index < -0.39 is 0 Å². The molecule has 1 aromatic heterocycles. The smallest absolute Gasteiger partial charge is 0.241 e. The van der Waals surface area contributed by atoms with Crippen molar-refractivity contribution in [3.05, 3.63) is 63.6 Å². The summed E-state index contributed by atoms with van der Waals surface area (Å²) in [6.45, 7) is 0. The largest absolute Gasteiger partial charge is 0.496 e. The standard InChI is InChI=1S/C18H17Cl2N5O/c1-26-16-5-3-2-4-11(16)15-9-14(10-6-7-12(19)13(20)8-10)22-18-23-17(21)24-25(15)18/h2-8,14-15H,9H2,1H3,(H3,21,22,23,24)/t14-,15+/m0/s1. The van der Waals surface area contributed by atoms with Gasteiger partial charge in [0.05, 0.1) is 29.2 Å². The normalized spacial score (nSPS) is 18.9. The number of fused-ring (bicyclic) bond motifs is 1. The maximum Gasteiger partial charge on any atom is 0.241 e. The van der Waals surface area contributed by atoms with Crippen LogP contribution in [0.1, 0.15) is 29.6 Å². The average Bonchev–Trinajstić information content (AvgIpc) is 3.03.